The summed E-state index contributed by atoms with van der Waals surface area (Å²) in [5.41, 5.74) is 2.01. The molecule has 0 radical (unpaired) electrons. The number of aromatic nitrogens is 2. The number of hydrogen-bond donors (Lipinski definition) is 1. The summed E-state index contributed by atoms with van der Waals surface area (Å²) in [5, 5.41) is 9.32. The quantitative estimate of drug-likeness (QED) is 0.842. The van der Waals surface area contributed by atoms with Gasteiger partial charge >= 0.3 is 5.97 Å². The van der Waals surface area contributed by atoms with Crippen molar-refractivity contribution in [3.8, 4) is 10.6 Å². The lowest BCUT2D eigenvalue weighted by Gasteiger charge is -1.95. The first-order valence-corrected chi connectivity index (χ1v) is 5.08. The SMILES string of the molecule is Cc1cccc(-c2nc(C(=O)O)ns2)c1. The maximum absolute atomic E-state index is 10.6. The van der Waals surface area contributed by atoms with Crippen LogP contribution < -0.4 is 0 Å². The summed E-state index contributed by atoms with van der Waals surface area (Å²) in [6.45, 7) is 1.97. The second-order valence-electron chi connectivity index (χ2n) is 3.10. The predicted octanol–water partition coefficient (Wildman–Crippen LogP) is 2.21. The van der Waals surface area contributed by atoms with Crippen molar-refractivity contribution in [2.24, 2.45) is 0 Å². The van der Waals surface area contributed by atoms with E-state index in [0.29, 0.717) is 5.01 Å². The number of carboxylic acids is 1. The van der Waals surface area contributed by atoms with Crippen molar-refractivity contribution < 1.29 is 9.90 Å². The van der Waals surface area contributed by atoms with Crippen LogP contribution in [0.3, 0.4) is 0 Å². The third-order valence-electron chi connectivity index (χ3n) is 1.88. The number of aromatic carboxylic acids is 1. The van der Waals surface area contributed by atoms with E-state index < -0.39 is 5.97 Å². The van der Waals surface area contributed by atoms with Gasteiger partial charge in [0.1, 0.15) is 5.01 Å². The van der Waals surface area contributed by atoms with E-state index in [1.807, 2.05) is 31.2 Å². The molecule has 0 spiro atoms. The molecule has 1 aromatic heterocycles. The molecule has 0 fully saturated rings. The van der Waals surface area contributed by atoms with Crippen LogP contribution in [0, 0.1) is 6.92 Å². The van der Waals surface area contributed by atoms with Crippen LogP contribution in [0.1, 0.15) is 16.2 Å². The van der Waals surface area contributed by atoms with Gasteiger partial charge < -0.3 is 5.11 Å². The van der Waals surface area contributed by atoms with Crippen LogP contribution in [-0.4, -0.2) is 20.4 Å². The fraction of sp³-hybridized carbons (Fsp3) is 0.100. The molecule has 0 saturated heterocycles. The van der Waals surface area contributed by atoms with Crippen molar-refractivity contribution in [3.63, 3.8) is 0 Å². The van der Waals surface area contributed by atoms with Crippen molar-refractivity contribution in [2.45, 2.75) is 6.92 Å². The number of benzene rings is 1. The summed E-state index contributed by atoms with van der Waals surface area (Å²) in [6, 6.07) is 7.72. The van der Waals surface area contributed by atoms with Gasteiger partial charge in [-0.15, -0.1) is 0 Å². The lowest BCUT2D eigenvalue weighted by Crippen LogP contribution is -1.98. The molecule has 1 aromatic carbocycles. The Balaban J connectivity index is 2.41. The molecule has 2 rings (SSSR count). The van der Waals surface area contributed by atoms with Gasteiger partial charge in [-0.25, -0.2) is 9.78 Å². The van der Waals surface area contributed by atoms with Gasteiger partial charge in [0, 0.05) is 5.56 Å². The molecule has 0 amide bonds. The number of aryl methyl sites for hydroxylation is 1. The van der Waals surface area contributed by atoms with E-state index in [9.17, 15) is 4.79 Å². The second-order valence-corrected chi connectivity index (χ2v) is 3.85. The molecular formula is C10H8N2O2S. The lowest BCUT2D eigenvalue weighted by atomic mass is 10.1. The molecule has 5 heteroatoms. The average Bonchev–Trinajstić information content (AvgIpc) is 2.66. The highest BCUT2D eigenvalue weighted by atomic mass is 32.1. The van der Waals surface area contributed by atoms with Gasteiger partial charge in [0.15, 0.2) is 0 Å². The second kappa shape index (κ2) is 3.78. The summed E-state index contributed by atoms with van der Waals surface area (Å²) in [4.78, 5) is 14.5. The Bertz CT molecular complexity index is 508. The Hall–Kier alpha value is -1.75. The number of carboxylic acid groups (broad SMARTS) is 1. The van der Waals surface area contributed by atoms with Gasteiger partial charge in [0.2, 0.25) is 0 Å². The summed E-state index contributed by atoms with van der Waals surface area (Å²) in [5.74, 6) is -1.23. The molecule has 0 saturated carbocycles. The van der Waals surface area contributed by atoms with Crippen molar-refractivity contribution in [3.05, 3.63) is 35.7 Å². The third-order valence-corrected chi connectivity index (χ3v) is 2.65. The van der Waals surface area contributed by atoms with E-state index in [-0.39, 0.29) is 5.82 Å². The minimum Gasteiger partial charge on any atom is -0.475 e. The van der Waals surface area contributed by atoms with Crippen LogP contribution in [0.5, 0.6) is 0 Å². The van der Waals surface area contributed by atoms with E-state index in [4.69, 9.17) is 5.11 Å². The Morgan fingerprint density at radius 1 is 1.47 bits per heavy atom. The zero-order chi connectivity index (χ0) is 10.8. The third kappa shape index (κ3) is 2.02. The molecule has 0 aliphatic carbocycles. The van der Waals surface area contributed by atoms with Crippen LogP contribution in [-0.2, 0) is 0 Å². The van der Waals surface area contributed by atoms with Crippen LogP contribution in [0.4, 0.5) is 0 Å². The van der Waals surface area contributed by atoms with E-state index >= 15 is 0 Å². The summed E-state index contributed by atoms with van der Waals surface area (Å²) in [7, 11) is 0. The molecule has 0 aliphatic rings. The molecule has 1 N–H and O–H groups in total. The number of nitrogens with zero attached hydrogens (tertiary/aromatic N) is 2. The largest absolute Gasteiger partial charge is 0.475 e. The molecule has 0 atom stereocenters. The first-order chi connectivity index (χ1) is 7.16. The minimum absolute atomic E-state index is 0.142. The predicted molar refractivity (Wildman–Crippen MR) is 57.0 cm³/mol. The Morgan fingerprint density at radius 3 is 2.87 bits per heavy atom. The fourth-order valence-electron chi connectivity index (χ4n) is 1.21. The molecule has 15 heavy (non-hydrogen) atoms. The molecule has 76 valence electrons. The highest BCUT2D eigenvalue weighted by Crippen LogP contribution is 2.21. The summed E-state index contributed by atoms with van der Waals surface area (Å²) in [6.07, 6.45) is 0. The van der Waals surface area contributed by atoms with E-state index in [2.05, 4.69) is 9.36 Å². The monoisotopic (exact) mass is 220 g/mol. The lowest BCUT2D eigenvalue weighted by molar-refractivity contribution is 0.0685. The first-order valence-electron chi connectivity index (χ1n) is 4.31. The highest BCUT2D eigenvalue weighted by molar-refractivity contribution is 7.09. The van der Waals surface area contributed by atoms with Crippen LogP contribution in [0.25, 0.3) is 10.6 Å². The highest BCUT2D eigenvalue weighted by Gasteiger charge is 2.11. The van der Waals surface area contributed by atoms with Gasteiger partial charge in [-0.2, -0.15) is 4.37 Å². The zero-order valence-electron chi connectivity index (χ0n) is 7.97. The van der Waals surface area contributed by atoms with E-state index in [1.165, 1.54) is 0 Å². The molecule has 1 heterocycles. The van der Waals surface area contributed by atoms with E-state index in [0.717, 1.165) is 22.7 Å². The first kappa shape index (κ1) is 9.79. The van der Waals surface area contributed by atoms with Gasteiger partial charge in [-0.05, 0) is 24.5 Å². The molecule has 4 nitrogen and oxygen atoms in total. The van der Waals surface area contributed by atoms with Gasteiger partial charge in [-0.3, -0.25) is 0 Å². The van der Waals surface area contributed by atoms with E-state index in [1.54, 1.807) is 0 Å². The topological polar surface area (TPSA) is 63.1 Å². The smallest absolute Gasteiger partial charge is 0.375 e. The summed E-state index contributed by atoms with van der Waals surface area (Å²) < 4.78 is 3.75. The average molecular weight is 220 g/mol. The van der Waals surface area contributed by atoms with Gasteiger partial charge in [-0.1, -0.05) is 23.8 Å². The van der Waals surface area contributed by atoms with Crippen LogP contribution >= 0.6 is 11.5 Å². The maximum Gasteiger partial charge on any atom is 0.375 e. The van der Waals surface area contributed by atoms with Crippen molar-refractivity contribution >= 4 is 17.5 Å². The standard InChI is InChI=1S/C10H8N2O2S/c1-6-3-2-4-7(5-6)9-11-8(10(13)14)12-15-9/h2-5H,1H3,(H,13,14). The molecule has 0 aliphatic heterocycles. The number of carbonyl (C=O) groups is 1. The Kier molecular flexibility index (Phi) is 2.47. The fourth-order valence-corrected chi connectivity index (χ4v) is 1.86. The maximum atomic E-state index is 10.6. The molecular weight excluding hydrogens is 212 g/mol. The molecule has 0 bridgehead atoms. The van der Waals surface area contributed by atoms with Crippen molar-refractivity contribution in [1.82, 2.24) is 9.36 Å². The van der Waals surface area contributed by atoms with Crippen LogP contribution in [0.15, 0.2) is 24.3 Å². The molecule has 0 unspecified atom stereocenters. The van der Waals surface area contributed by atoms with Gasteiger partial charge in [0.05, 0.1) is 0 Å². The Morgan fingerprint density at radius 2 is 2.27 bits per heavy atom. The van der Waals surface area contributed by atoms with Crippen molar-refractivity contribution in [1.29, 1.82) is 0 Å². The Labute approximate surface area is 90.4 Å². The minimum atomic E-state index is -1.09. The van der Waals surface area contributed by atoms with Gasteiger partial charge in [0.25, 0.3) is 5.82 Å². The number of hydrogen-bond acceptors (Lipinski definition) is 4. The normalized spacial score (nSPS) is 10.2. The van der Waals surface area contributed by atoms with Crippen molar-refractivity contribution in [2.75, 3.05) is 0 Å². The van der Waals surface area contributed by atoms with Crippen LogP contribution in [0.2, 0.25) is 0 Å². The summed E-state index contributed by atoms with van der Waals surface area (Å²) >= 11 is 1.10. The number of rotatable bonds is 2. The zero-order valence-corrected chi connectivity index (χ0v) is 8.78. The molecule has 2 aromatic rings.